The molecule has 0 aromatic heterocycles. The number of hydrogen-bond acceptors (Lipinski definition) is 9. The molecule has 0 radical (unpaired) electrons. The van der Waals surface area contributed by atoms with Gasteiger partial charge in [0.25, 0.3) is 5.91 Å². The van der Waals surface area contributed by atoms with Gasteiger partial charge in [-0.15, -0.1) is 0 Å². The number of carbonyl (C=O) groups is 1. The molecule has 5 N–H and O–H groups in total. The van der Waals surface area contributed by atoms with E-state index >= 15 is 0 Å². The summed E-state index contributed by atoms with van der Waals surface area (Å²) in [5.74, 6) is 0.163. The quantitative estimate of drug-likeness (QED) is 0.495. The molecule has 0 aliphatic carbocycles. The van der Waals surface area contributed by atoms with Crippen LogP contribution in [-0.4, -0.2) is 76.1 Å². The van der Waals surface area contributed by atoms with Crippen LogP contribution in [0.1, 0.15) is 57.5 Å². The number of ether oxygens (including phenoxy) is 4. The van der Waals surface area contributed by atoms with Gasteiger partial charge in [0.2, 0.25) is 11.6 Å². The number of aliphatic hydroxyl groups excluding tert-OH is 3. The third-order valence-corrected chi connectivity index (χ3v) is 5.15. The molecule has 2 aliphatic heterocycles. The van der Waals surface area contributed by atoms with Crippen molar-refractivity contribution in [3.8, 4) is 23.0 Å². The first-order valence-electron chi connectivity index (χ1n) is 10.7. The molecule has 3 rings (SSSR count). The summed E-state index contributed by atoms with van der Waals surface area (Å²) >= 11 is 0. The average molecular weight is 457 g/mol. The maximum absolute atomic E-state index is 13.1. The van der Waals surface area contributed by atoms with Crippen LogP contribution in [-0.2, 0) is 0 Å². The van der Waals surface area contributed by atoms with Gasteiger partial charge in [0.05, 0.1) is 25.4 Å². The summed E-state index contributed by atoms with van der Waals surface area (Å²) in [7, 11) is 0. The van der Waals surface area contributed by atoms with E-state index in [-0.39, 0.29) is 5.91 Å². The molecule has 0 unspecified atom stereocenters. The lowest BCUT2D eigenvalue weighted by Crippen LogP contribution is -2.50. The van der Waals surface area contributed by atoms with Gasteiger partial charge in [-0.2, -0.15) is 0 Å². The molecule has 0 bridgehead atoms. The van der Waals surface area contributed by atoms with Crippen LogP contribution in [0.2, 0.25) is 0 Å². The lowest BCUT2D eigenvalue weighted by atomic mass is 10.1. The summed E-state index contributed by atoms with van der Waals surface area (Å²) < 4.78 is 23.8. The van der Waals surface area contributed by atoms with E-state index in [1.165, 1.54) is 0 Å². The van der Waals surface area contributed by atoms with Crippen LogP contribution in [0.25, 0.3) is 0 Å². The second-order valence-electron chi connectivity index (χ2n) is 8.84. The first-order valence-corrected chi connectivity index (χ1v) is 10.7. The summed E-state index contributed by atoms with van der Waals surface area (Å²) in [5, 5.41) is 25.0. The number of benzene rings is 1. The summed E-state index contributed by atoms with van der Waals surface area (Å²) in [4.78, 5) is 14.8. The monoisotopic (exact) mass is 456 g/mol. The van der Waals surface area contributed by atoms with Gasteiger partial charge in [0, 0.05) is 46.3 Å². The highest BCUT2D eigenvalue weighted by Gasteiger charge is 2.46. The van der Waals surface area contributed by atoms with Gasteiger partial charge in [-0.25, -0.2) is 0 Å². The highest BCUT2D eigenvalue weighted by molar-refractivity contribution is 6.02. The van der Waals surface area contributed by atoms with Gasteiger partial charge in [-0.3, -0.25) is 4.79 Å². The topological polar surface area (TPSA) is 144 Å². The van der Waals surface area contributed by atoms with Gasteiger partial charge < -0.3 is 44.9 Å². The van der Waals surface area contributed by atoms with Crippen LogP contribution in [0.15, 0.2) is 0 Å². The number of fused-ring (bicyclic) bond motifs is 2. The molecule has 1 aromatic rings. The van der Waals surface area contributed by atoms with Gasteiger partial charge in [0.15, 0.2) is 23.0 Å². The number of aliphatic hydroxyl groups is 3. The van der Waals surface area contributed by atoms with Crippen molar-refractivity contribution in [2.24, 2.45) is 5.73 Å². The first kappa shape index (κ1) is 26.0. The SMILES string of the molecule is CCN(CC)C(=O)c1c2c(c(C)c3c1OC(C)(C)O3)OC(C)(C)O2.NC(CO)(CO)CO. The van der Waals surface area contributed by atoms with E-state index in [2.05, 4.69) is 0 Å². The molecule has 10 heteroatoms. The Kier molecular flexibility index (Phi) is 7.55. The zero-order valence-electron chi connectivity index (χ0n) is 19.9. The summed E-state index contributed by atoms with van der Waals surface area (Å²) in [5.41, 5.74) is 5.10. The zero-order chi connectivity index (χ0) is 24.5. The third kappa shape index (κ3) is 5.03. The summed E-state index contributed by atoms with van der Waals surface area (Å²) in [6.07, 6.45) is 0. The van der Waals surface area contributed by atoms with E-state index in [4.69, 9.17) is 40.0 Å². The minimum absolute atomic E-state index is 0.143. The van der Waals surface area contributed by atoms with Gasteiger partial charge in [0.1, 0.15) is 5.56 Å². The van der Waals surface area contributed by atoms with Crippen molar-refractivity contribution in [1.29, 1.82) is 0 Å². The minimum Gasteiger partial charge on any atom is -0.449 e. The number of rotatable bonds is 6. The van der Waals surface area contributed by atoms with Crippen LogP contribution in [0, 0.1) is 6.92 Å². The molecule has 182 valence electrons. The fourth-order valence-electron chi connectivity index (χ4n) is 3.25. The Balaban J connectivity index is 0.000000390. The number of nitrogens with zero attached hydrogens (tertiary/aromatic N) is 1. The fourth-order valence-corrected chi connectivity index (χ4v) is 3.25. The van der Waals surface area contributed by atoms with E-state index in [9.17, 15) is 4.79 Å². The first-order chi connectivity index (χ1) is 14.8. The van der Waals surface area contributed by atoms with Gasteiger partial charge >= 0.3 is 0 Å². The standard InChI is InChI=1S/C18H25NO5.C4H11NO3/c1-8-19(9-2)16(20)11-14-12(21-17(4,5)23-14)10(3)13-15(11)24-18(6,7)22-13;5-4(1-6,2-7)3-8/h8-9H2,1-7H3;6-8H,1-3,5H2. The highest BCUT2D eigenvalue weighted by Crippen LogP contribution is 2.56. The Hall–Kier alpha value is -2.27. The fraction of sp³-hybridized carbons (Fsp3) is 0.682. The molecule has 10 nitrogen and oxygen atoms in total. The maximum atomic E-state index is 13.1. The van der Waals surface area contributed by atoms with Crippen molar-refractivity contribution in [3.63, 3.8) is 0 Å². The third-order valence-electron chi connectivity index (χ3n) is 5.15. The predicted molar refractivity (Wildman–Crippen MR) is 117 cm³/mol. The van der Waals surface area contributed by atoms with Crippen molar-refractivity contribution in [1.82, 2.24) is 4.90 Å². The Bertz CT molecular complexity index is 792. The second kappa shape index (κ2) is 9.30. The number of carbonyl (C=O) groups excluding carboxylic acids is 1. The van der Waals surface area contributed by atoms with Gasteiger partial charge in [-0.1, -0.05) is 0 Å². The van der Waals surface area contributed by atoms with Crippen LogP contribution < -0.4 is 24.7 Å². The molecule has 32 heavy (non-hydrogen) atoms. The maximum Gasteiger partial charge on any atom is 0.261 e. The lowest BCUT2D eigenvalue weighted by Gasteiger charge is -2.22. The zero-order valence-corrected chi connectivity index (χ0v) is 19.9. The summed E-state index contributed by atoms with van der Waals surface area (Å²) in [6.45, 7) is 13.0. The molecular weight excluding hydrogens is 420 g/mol. The van der Waals surface area contributed by atoms with Crippen molar-refractivity contribution in [2.45, 2.75) is 65.6 Å². The molecular formula is C22H36N2O8. The molecule has 1 amide bonds. The average Bonchev–Trinajstić information content (AvgIpc) is 3.24. The molecule has 1 aromatic carbocycles. The second-order valence-corrected chi connectivity index (χ2v) is 8.84. The molecule has 0 spiro atoms. The minimum atomic E-state index is -1.21. The number of hydrogen-bond donors (Lipinski definition) is 4. The van der Waals surface area contributed by atoms with E-state index in [0.717, 1.165) is 5.56 Å². The lowest BCUT2D eigenvalue weighted by molar-refractivity contribution is -0.0490. The van der Waals surface area contributed by atoms with E-state index in [1.807, 2.05) is 48.5 Å². The molecule has 0 atom stereocenters. The Labute approximate surface area is 188 Å². The highest BCUT2D eigenvalue weighted by atomic mass is 16.7. The van der Waals surface area contributed by atoms with E-state index < -0.39 is 36.9 Å². The van der Waals surface area contributed by atoms with Crippen LogP contribution in [0.4, 0.5) is 0 Å². The number of amides is 1. The normalized spacial score (nSPS) is 17.0. The van der Waals surface area contributed by atoms with Crippen LogP contribution >= 0.6 is 0 Å². The molecule has 0 saturated carbocycles. The number of nitrogens with two attached hydrogens (primary N) is 1. The predicted octanol–water partition coefficient (Wildman–Crippen LogP) is 1.15. The van der Waals surface area contributed by atoms with Crippen molar-refractivity contribution in [3.05, 3.63) is 11.1 Å². The molecule has 2 heterocycles. The van der Waals surface area contributed by atoms with Crippen molar-refractivity contribution in [2.75, 3.05) is 32.9 Å². The Morgan fingerprint density at radius 3 is 1.47 bits per heavy atom. The molecule has 0 saturated heterocycles. The molecule has 0 fully saturated rings. The Morgan fingerprint density at radius 2 is 1.19 bits per heavy atom. The van der Waals surface area contributed by atoms with E-state index in [1.54, 1.807) is 4.90 Å². The smallest absolute Gasteiger partial charge is 0.261 e. The van der Waals surface area contributed by atoms with Crippen molar-refractivity contribution < 1.29 is 39.1 Å². The largest absolute Gasteiger partial charge is 0.449 e. The van der Waals surface area contributed by atoms with Crippen molar-refractivity contribution >= 4 is 5.91 Å². The van der Waals surface area contributed by atoms with Crippen LogP contribution in [0.5, 0.6) is 23.0 Å². The van der Waals surface area contributed by atoms with Crippen LogP contribution in [0.3, 0.4) is 0 Å². The Morgan fingerprint density at radius 1 is 0.844 bits per heavy atom. The van der Waals surface area contributed by atoms with Gasteiger partial charge in [-0.05, 0) is 20.8 Å². The van der Waals surface area contributed by atoms with E-state index in [0.29, 0.717) is 41.7 Å². The summed E-state index contributed by atoms with van der Waals surface area (Å²) in [6, 6.07) is 0. The molecule has 2 aliphatic rings.